The topological polar surface area (TPSA) is 68.5 Å². The van der Waals surface area contributed by atoms with E-state index in [0.717, 1.165) is 0 Å². The van der Waals surface area contributed by atoms with Crippen LogP contribution < -0.4 is 5.32 Å². The van der Waals surface area contributed by atoms with Gasteiger partial charge in [-0.2, -0.15) is 4.80 Å². The summed E-state index contributed by atoms with van der Waals surface area (Å²) in [6, 6.07) is 4.22. The third-order valence-corrected chi connectivity index (χ3v) is 2.32. The molecule has 2 aromatic heterocycles. The largest absolute Gasteiger partial charge is 0.303 e. The minimum absolute atomic E-state index is 0.242. The van der Waals surface area contributed by atoms with Gasteiger partial charge in [-0.05, 0) is 29.8 Å². The monoisotopic (exact) mass is 218 g/mol. The van der Waals surface area contributed by atoms with Crippen LogP contribution in [-0.4, -0.2) is 25.2 Å². The van der Waals surface area contributed by atoms with Gasteiger partial charge in [0.2, 0.25) is 0 Å². The molecule has 0 saturated heterocycles. The zero-order chi connectivity index (χ0) is 11.4. The first-order valence-electron chi connectivity index (χ1n) is 5.12. The highest BCUT2D eigenvalue weighted by atomic mass is 15.6. The van der Waals surface area contributed by atoms with E-state index in [4.69, 9.17) is 0 Å². The van der Waals surface area contributed by atoms with E-state index < -0.39 is 0 Å². The number of hydrogen-bond acceptors (Lipinski definition) is 5. The molecule has 84 valence electrons. The van der Waals surface area contributed by atoms with Crippen LogP contribution in [0.1, 0.15) is 24.4 Å². The summed E-state index contributed by atoms with van der Waals surface area (Å²) < 4.78 is 0. The van der Waals surface area contributed by atoms with E-state index in [1.165, 1.54) is 10.4 Å². The Labute approximate surface area is 93.7 Å². The number of nitrogens with one attached hydrogen (secondary N) is 1. The molecule has 6 nitrogen and oxygen atoms in total. The van der Waals surface area contributed by atoms with Gasteiger partial charge in [0.1, 0.15) is 0 Å². The molecule has 2 rings (SSSR count). The van der Waals surface area contributed by atoms with Gasteiger partial charge in [0.25, 0.3) is 0 Å². The minimum Gasteiger partial charge on any atom is -0.303 e. The molecule has 0 bridgehead atoms. The van der Waals surface area contributed by atoms with Crippen LogP contribution in [0.2, 0.25) is 0 Å². The molecule has 0 spiro atoms. The quantitative estimate of drug-likeness (QED) is 0.807. The average Bonchev–Trinajstić information content (AvgIpc) is 2.73. The van der Waals surface area contributed by atoms with Crippen LogP contribution in [0.15, 0.2) is 24.5 Å². The molecule has 0 fully saturated rings. The normalized spacial score (nSPS) is 12.6. The molecule has 16 heavy (non-hydrogen) atoms. The lowest BCUT2D eigenvalue weighted by Crippen LogP contribution is -2.19. The predicted molar refractivity (Wildman–Crippen MR) is 58.3 cm³/mol. The number of tetrazole rings is 1. The van der Waals surface area contributed by atoms with Crippen LogP contribution in [0.4, 0.5) is 0 Å². The standard InChI is InChI=1S/C10H14N6/c1-8(9-3-5-11-6-4-9)12-7-10-13-15-16(2)14-10/h3-6,8,12H,7H2,1-2H3. The molecule has 0 saturated carbocycles. The smallest absolute Gasteiger partial charge is 0.188 e. The molecule has 6 heteroatoms. The van der Waals surface area contributed by atoms with Gasteiger partial charge in [0.15, 0.2) is 5.82 Å². The Morgan fingerprint density at radius 1 is 1.38 bits per heavy atom. The van der Waals surface area contributed by atoms with E-state index >= 15 is 0 Å². The Kier molecular flexibility index (Phi) is 3.21. The Morgan fingerprint density at radius 2 is 2.12 bits per heavy atom. The molecular formula is C10H14N6. The summed E-state index contributed by atoms with van der Waals surface area (Å²) in [5, 5.41) is 15.1. The summed E-state index contributed by atoms with van der Waals surface area (Å²) in [7, 11) is 1.75. The Hall–Kier alpha value is -1.82. The summed E-state index contributed by atoms with van der Waals surface area (Å²) in [6.45, 7) is 2.70. The highest BCUT2D eigenvalue weighted by Crippen LogP contribution is 2.10. The van der Waals surface area contributed by atoms with Gasteiger partial charge in [-0.25, -0.2) is 0 Å². The van der Waals surface area contributed by atoms with Crippen molar-refractivity contribution in [1.82, 2.24) is 30.5 Å². The lowest BCUT2D eigenvalue weighted by atomic mass is 10.1. The van der Waals surface area contributed by atoms with Crippen molar-refractivity contribution in [2.75, 3.05) is 0 Å². The van der Waals surface area contributed by atoms with Crippen molar-refractivity contribution in [3.63, 3.8) is 0 Å². The Balaban J connectivity index is 1.91. The van der Waals surface area contributed by atoms with E-state index in [1.54, 1.807) is 19.4 Å². The van der Waals surface area contributed by atoms with Gasteiger partial charge >= 0.3 is 0 Å². The van der Waals surface area contributed by atoms with Gasteiger partial charge in [0.05, 0.1) is 13.6 Å². The van der Waals surface area contributed by atoms with Crippen LogP contribution >= 0.6 is 0 Å². The van der Waals surface area contributed by atoms with Crippen molar-refractivity contribution in [3.05, 3.63) is 35.9 Å². The number of rotatable bonds is 4. The summed E-state index contributed by atoms with van der Waals surface area (Å²) in [6.07, 6.45) is 3.57. The first-order valence-corrected chi connectivity index (χ1v) is 5.12. The van der Waals surface area contributed by atoms with Gasteiger partial charge in [0, 0.05) is 18.4 Å². The lowest BCUT2D eigenvalue weighted by Gasteiger charge is -2.11. The van der Waals surface area contributed by atoms with Crippen molar-refractivity contribution in [1.29, 1.82) is 0 Å². The zero-order valence-electron chi connectivity index (χ0n) is 9.33. The molecule has 1 N–H and O–H groups in total. The summed E-state index contributed by atoms with van der Waals surface area (Å²) in [5.41, 5.74) is 1.19. The van der Waals surface area contributed by atoms with Crippen molar-refractivity contribution in [2.45, 2.75) is 19.5 Å². The number of pyridine rings is 1. The van der Waals surface area contributed by atoms with Gasteiger partial charge in [-0.3, -0.25) is 4.98 Å². The maximum atomic E-state index is 4.10. The van der Waals surface area contributed by atoms with Gasteiger partial charge in [-0.1, -0.05) is 0 Å². The maximum Gasteiger partial charge on any atom is 0.188 e. The van der Waals surface area contributed by atoms with Crippen LogP contribution in [0.25, 0.3) is 0 Å². The van der Waals surface area contributed by atoms with Crippen molar-refractivity contribution < 1.29 is 0 Å². The fraction of sp³-hybridized carbons (Fsp3) is 0.400. The number of nitrogens with zero attached hydrogens (tertiary/aromatic N) is 5. The third-order valence-electron chi connectivity index (χ3n) is 2.32. The first kappa shape index (κ1) is 10.7. The summed E-state index contributed by atoms with van der Waals surface area (Å²) >= 11 is 0. The maximum absolute atomic E-state index is 4.10. The van der Waals surface area contributed by atoms with Crippen LogP contribution in [-0.2, 0) is 13.6 Å². The van der Waals surface area contributed by atoms with Gasteiger partial charge in [-0.15, -0.1) is 10.2 Å². The second-order valence-electron chi connectivity index (χ2n) is 3.58. The van der Waals surface area contributed by atoms with Crippen LogP contribution in [0.3, 0.4) is 0 Å². The van der Waals surface area contributed by atoms with Gasteiger partial charge < -0.3 is 5.32 Å². The van der Waals surface area contributed by atoms with E-state index in [0.29, 0.717) is 12.4 Å². The van der Waals surface area contributed by atoms with E-state index in [1.807, 2.05) is 12.1 Å². The Morgan fingerprint density at radius 3 is 2.75 bits per heavy atom. The fourth-order valence-electron chi connectivity index (χ4n) is 1.41. The highest BCUT2D eigenvalue weighted by Gasteiger charge is 2.06. The SMILES string of the molecule is CC(NCc1nnn(C)n1)c1ccncc1. The summed E-state index contributed by atoms with van der Waals surface area (Å²) in [4.78, 5) is 5.44. The third kappa shape index (κ3) is 2.60. The lowest BCUT2D eigenvalue weighted by molar-refractivity contribution is 0.555. The number of aromatic nitrogens is 5. The fourth-order valence-corrected chi connectivity index (χ4v) is 1.41. The highest BCUT2D eigenvalue weighted by molar-refractivity contribution is 5.13. The molecule has 0 aromatic carbocycles. The van der Waals surface area contributed by atoms with E-state index in [-0.39, 0.29) is 6.04 Å². The number of hydrogen-bond donors (Lipinski definition) is 1. The Bertz CT molecular complexity index is 438. The first-order chi connectivity index (χ1) is 7.75. The van der Waals surface area contributed by atoms with E-state index in [2.05, 4.69) is 32.6 Å². The predicted octanol–water partition coefficient (Wildman–Crippen LogP) is 0.456. The summed E-state index contributed by atoms with van der Waals surface area (Å²) in [5.74, 6) is 0.698. The molecule has 0 radical (unpaired) electrons. The van der Waals surface area contributed by atoms with Crippen molar-refractivity contribution in [3.8, 4) is 0 Å². The molecule has 2 aromatic rings. The molecule has 0 aliphatic heterocycles. The molecule has 0 aliphatic carbocycles. The molecule has 1 atom stereocenters. The minimum atomic E-state index is 0.242. The number of aryl methyl sites for hydroxylation is 1. The van der Waals surface area contributed by atoms with E-state index in [9.17, 15) is 0 Å². The molecule has 1 unspecified atom stereocenters. The average molecular weight is 218 g/mol. The molecule has 0 aliphatic rings. The van der Waals surface area contributed by atoms with Crippen LogP contribution in [0, 0.1) is 0 Å². The molecular weight excluding hydrogens is 204 g/mol. The van der Waals surface area contributed by atoms with Crippen molar-refractivity contribution >= 4 is 0 Å². The second-order valence-corrected chi connectivity index (χ2v) is 3.58. The van der Waals surface area contributed by atoms with Crippen LogP contribution in [0.5, 0.6) is 0 Å². The molecule has 2 heterocycles. The van der Waals surface area contributed by atoms with Crippen molar-refractivity contribution in [2.24, 2.45) is 7.05 Å². The zero-order valence-corrected chi connectivity index (χ0v) is 9.33. The molecule has 0 amide bonds. The second kappa shape index (κ2) is 4.80.